The van der Waals surface area contributed by atoms with Crippen LogP contribution in [-0.2, 0) is 11.3 Å². The minimum atomic E-state index is -0.219. The van der Waals surface area contributed by atoms with Gasteiger partial charge in [-0.25, -0.2) is 4.39 Å². The van der Waals surface area contributed by atoms with Crippen LogP contribution < -0.4 is 4.74 Å². The summed E-state index contributed by atoms with van der Waals surface area (Å²) in [5, 5.41) is 0. The Morgan fingerprint density at radius 1 is 1.14 bits per heavy atom. The van der Waals surface area contributed by atoms with Crippen LogP contribution in [0, 0.1) is 12.7 Å². The Morgan fingerprint density at radius 2 is 1.86 bits per heavy atom. The number of carbonyl (C=O) groups is 1. The van der Waals surface area contributed by atoms with Crippen molar-refractivity contribution in [3.05, 3.63) is 71.0 Å². The third kappa shape index (κ3) is 5.24. The fourth-order valence-electron chi connectivity index (χ4n) is 3.75. The Balaban J connectivity index is 1.63. The topological polar surface area (TPSA) is 32.8 Å². The van der Waals surface area contributed by atoms with Gasteiger partial charge in [-0.3, -0.25) is 9.69 Å². The molecule has 0 spiro atoms. The molecule has 1 aliphatic rings. The first-order chi connectivity index (χ1) is 13.9. The number of halogens is 1. The third-order valence-electron chi connectivity index (χ3n) is 5.55. The summed E-state index contributed by atoms with van der Waals surface area (Å²) >= 11 is 0. The summed E-state index contributed by atoms with van der Waals surface area (Å²) in [6.45, 7) is 8.41. The summed E-state index contributed by atoms with van der Waals surface area (Å²) in [6.07, 6.45) is 3.48. The molecule has 1 aliphatic heterocycles. The minimum absolute atomic E-state index is 0.0188. The van der Waals surface area contributed by atoms with Gasteiger partial charge in [-0.05, 0) is 61.7 Å². The molecule has 0 bridgehead atoms. The summed E-state index contributed by atoms with van der Waals surface area (Å²) in [5.41, 5.74) is 3.09. The Hall–Kier alpha value is -2.66. The molecule has 2 atom stereocenters. The Labute approximate surface area is 172 Å². The van der Waals surface area contributed by atoms with Gasteiger partial charge in [0.15, 0.2) is 0 Å². The van der Waals surface area contributed by atoms with Crippen LogP contribution in [0.4, 0.5) is 4.39 Å². The van der Waals surface area contributed by atoms with E-state index in [0.717, 1.165) is 35.5 Å². The predicted molar refractivity (Wildman–Crippen MR) is 114 cm³/mol. The maximum absolute atomic E-state index is 13.1. The number of hydrogen-bond donors (Lipinski definition) is 0. The SMILES string of the molecule is COc1cc(/C=C/C(=O)N2CC(C)N(Cc3ccc(F)cc3)CC2C)ccc1C. The maximum atomic E-state index is 13.1. The second-order valence-electron chi connectivity index (χ2n) is 7.81. The van der Waals surface area contributed by atoms with Crippen molar-refractivity contribution in [2.45, 2.75) is 39.4 Å². The van der Waals surface area contributed by atoms with Gasteiger partial charge in [0.2, 0.25) is 5.91 Å². The van der Waals surface area contributed by atoms with E-state index in [4.69, 9.17) is 4.74 Å². The van der Waals surface area contributed by atoms with Gasteiger partial charge >= 0.3 is 0 Å². The lowest BCUT2D eigenvalue weighted by Gasteiger charge is -2.44. The smallest absolute Gasteiger partial charge is 0.246 e. The zero-order valence-electron chi connectivity index (χ0n) is 17.6. The first-order valence-electron chi connectivity index (χ1n) is 9.99. The van der Waals surface area contributed by atoms with Crippen molar-refractivity contribution in [2.75, 3.05) is 20.2 Å². The second-order valence-corrected chi connectivity index (χ2v) is 7.81. The summed E-state index contributed by atoms with van der Waals surface area (Å²) < 4.78 is 18.5. The van der Waals surface area contributed by atoms with E-state index in [1.807, 2.05) is 48.2 Å². The zero-order chi connectivity index (χ0) is 21.0. The Kier molecular flexibility index (Phi) is 6.70. The lowest BCUT2D eigenvalue weighted by Crippen LogP contribution is -2.57. The Bertz CT molecular complexity index is 879. The van der Waals surface area contributed by atoms with Gasteiger partial charge in [-0.1, -0.05) is 24.3 Å². The first-order valence-corrected chi connectivity index (χ1v) is 9.99. The van der Waals surface area contributed by atoms with E-state index >= 15 is 0 Å². The first kappa shape index (κ1) is 21.1. The number of ether oxygens (including phenoxy) is 1. The molecule has 29 heavy (non-hydrogen) atoms. The molecule has 0 aliphatic carbocycles. The molecule has 0 saturated carbocycles. The molecule has 1 heterocycles. The molecule has 2 unspecified atom stereocenters. The van der Waals surface area contributed by atoms with Crippen molar-refractivity contribution in [1.82, 2.24) is 9.80 Å². The average Bonchev–Trinajstić information content (AvgIpc) is 2.71. The van der Waals surface area contributed by atoms with Crippen molar-refractivity contribution in [3.8, 4) is 5.75 Å². The highest BCUT2D eigenvalue weighted by Gasteiger charge is 2.30. The predicted octanol–water partition coefficient (Wildman–Crippen LogP) is 4.28. The van der Waals surface area contributed by atoms with Crippen LogP contribution >= 0.6 is 0 Å². The number of carbonyl (C=O) groups excluding carboxylic acids is 1. The molecule has 1 fully saturated rings. The van der Waals surface area contributed by atoms with Crippen molar-refractivity contribution in [1.29, 1.82) is 0 Å². The number of amides is 1. The molecule has 5 heteroatoms. The average molecular weight is 397 g/mol. The molecule has 4 nitrogen and oxygen atoms in total. The van der Waals surface area contributed by atoms with Crippen molar-refractivity contribution >= 4 is 12.0 Å². The van der Waals surface area contributed by atoms with Crippen LogP contribution in [0.15, 0.2) is 48.5 Å². The fourth-order valence-corrected chi connectivity index (χ4v) is 3.75. The van der Waals surface area contributed by atoms with E-state index in [1.54, 1.807) is 13.2 Å². The van der Waals surface area contributed by atoms with Gasteiger partial charge in [0.25, 0.3) is 0 Å². The third-order valence-corrected chi connectivity index (χ3v) is 5.55. The number of hydrogen-bond acceptors (Lipinski definition) is 3. The van der Waals surface area contributed by atoms with Crippen LogP contribution in [0.2, 0.25) is 0 Å². The molecule has 0 aromatic heterocycles. The second kappa shape index (κ2) is 9.23. The van der Waals surface area contributed by atoms with Crippen LogP contribution in [0.5, 0.6) is 5.75 Å². The molecule has 1 amide bonds. The molecule has 0 radical (unpaired) electrons. The monoisotopic (exact) mass is 396 g/mol. The Morgan fingerprint density at radius 3 is 2.55 bits per heavy atom. The van der Waals surface area contributed by atoms with E-state index in [2.05, 4.69) is 18.7 Å². The molecule has 154 valence electrons. The van der Waals surface area contributed by atoms with E-state index in [-0.39, 0.29) is 23.8 Å². The van der Waals surface area contributed by atoms with E-state index in [9.17, 15) is 9.18 Å². The molecule has 1 saturated heterocycles. The highest BCUT2D eigenvalue weighted by atomic mass is 19.1. The van der Waals surface area contributed by atoms with Gasteiger partial charge in [0.05, 0.1) is 7.11 Å². The van der Waals surface area contributed by atoms with Crippen LogP contribution in [0.25, 0.3) is 6.08 Å². The number of benzene rings is 2. The maximum Gasteiger partial charge on any atom is 0.246 e. The lowest BCUT2D eigenvalue weighted by atomic mass is 10.1. The molecule has 2 aromatic carbocycles. The molecular weight excluding hydrogens is 367 g/mol. The van der Waals surface area contributed by atoms with Crippen molar-refractivity contribution < 1.29 is 13.9 Å². The summed E-state index contributed by atoms with van der Waals surface area (Å²) in [7, 11) is 1.65. The van der Waals surface area contributed by atoms with Gasteiger partial charge in [-0.2, -0.15) is 0 Å². The highest BCUT2D eigenvalue weighted by Crippen LogP contribution is 2.21. The highest BCUT2D eigenvalue weighted by molar-refractivity contribution is 5.92. The van der Waals surface area contributed by atoms with Crippen LogP contribution in [0.3, 0.4) is 0 Å². The van der Waals surface area contributed by atoms with Crippen LogP contribution in [-0.4, -0.2) is 48.0 Å². The summed E-state index contributed by atoms with van der Waals surface area (Å²) in [5.74, 6) is 0.616. The van der Waals surface area contributed by atoms with Gasteiger partial charge in [0, 0.05) is 37.8 Å². The van der Waals surface area contributed by atoms with E-state index < -0.39 is 0 Å². The van der Waals surface area contributed by atoms with Gasteiger partial charge in [0.1, 0.15) is 11.6 Å². The molecule has 0 N–H and O–H groups in total. The van der Waals surface area contributed by atoms with Crippen molar-refractivity contribution in [2.24, 2.45) is 0 Å². The minimum Gasteiger partial charge on any atom is -0.496 e. The van der Waals surface area contributed by atoms with Gasteiger partial charge < -0.3 is 9.64 Å². The number of methoxy groups -OCH3 is 1. The zero-order valence-corrected chi connectivity index (χ0v) is 17.6. The quantitative estimate of drug-likeness (QED) is 0.708. The van der Waals surface area contributed by atoms with Crippen molar-refractivity contribution in [3.63, 3.8) is 0 Å². The fraction of sp³-hybridized carbons (Fsp3) is 0.375. The van der Waals surface area contributed by atoms with E-state index in [0.29, 0.717) is 6.54 Å². The van der Waals surface area contributed by atoms with Crippen LogP contribution in [0.1, 0.15) is 30.5 Å². The van der Waals surface area contributed by atoms with Gasteiger partial charge in [-0.15, -0.1) is 0 Å². The standard InChI is InChI=1S/C24H29FN2O2/c1-17-5-6-20(13-23(17)29-4)9-12-24(28)27-15-18(2)26(14-19(27)3)16-21-7-10-22(25)11-8-21/h5-13,18-19H,14-16H2,1-4H3/b12-9+. The number of aryl methyl sites for hydroxylation is 1. The number of nitrogens with zero attached hydrogens (tertiary/aromatic N) is 2. The van der Waals surface area contributed by atoms with E-state index in [1.165, 1.54) is 12.1 Å². The molecular formula is C24H29FN2O2. The number of piperazine rings is 1. The molecule has 2 aromatic rings. The number of rotatable bonds is 5. The summed E-state index contributed by atoms with van der Waals surface area (Å²) in [4.78, 5) is 17.1. The summed E-state index contributed by atoms with van der Waals surface area (Å²) in [6, 6.07) is 12.9. The lowest BCUT2D eigenvalue weighted by molar-refractivity contribution is -0.131. The normalized spacial score (nSPS) is 20.2. The largest absolute Gasteiger partial charge is 0.496 e. The molecule has 3 rings (SSSR count).